The third kappa shape index (κ3) is 2.72. The van der Waals surface area contributed by atoms with Gasteiger partial charge in [-0.1, -0.05) is 25.7 Å². The molecule has 1 fully saturated rings. The highest BCUT2D eigenvalue weighted by Crippen LogP contribution is 2.36. The van der Waals surface area contributed by atoms with Gasteiger partial charge in [0, 0.05) is 23.3 Å². The molecular weight excluding hydrogens is 286 g/mol. The number of rotatable bonds is 5. The van der Waals surface area contributed by atoms with Crippen molar-refractivity contribution in [3.63, 3.8) is 0 Å². The molecule has 1 N–H and O–H groups in total. The lowest BCUT2D eigenvalue weighted by Gasteiger charge is -2.28. The van der Waals surface area contributed by atoms with Crippen molar-refractivity contribution in [1.82, 2.24) is 14.8 Å². The van der Waals surface area contributed by atoms with E-state index < -0.39 is 11.5 Å². The average Bonchev–Trinajstić information content (AvgIpc) is 3.20. The van der Waals surface area contributed by atoms with Gasteiger partial charge in [0.05, 0.1) is 6.20 Å². The Morgan fingerprint density at radius 1 is 1.52 bits per heavy atom. The van der Waals surface area contributed by atoms with E-state index in [1.807, 2.05) is 11.6 Å². The summed E-state index contributed by atoms with van der Waals surface area (Å²) in [7, 11) is 0. The van der Waals surface area contributed by atoms with E-state index in [-0.39, 0.29) is 0 Å². The molecule has 0 radical (unpaired) electrons. The van der Waals surface area contributed by atoms with Gasteiger partial charge in [-0.2, -0.15) is 5.10 Å². The second-order valence-corrected chi connectivity index (χ2v) is 6.84. The number of nitrogens with zero attached hydrogens (tertiary/aromatic N) is 3. The first-order valence-electron chi connectivity index (χ1n) is 7.28. The summed E-state index contributed by atoms with van der Waals surface area (Å²) in [6.07, 6.45) is 10.6. The molecule has 1 aliphatic rings. The molecule has 0 spiro atoms. The van der Waals surface area contributed by atoms with Gasteiger partial charge in [0.1, 0.15) is 5.01 Å². The molecule has 21 heavy (non-hydrogen) atoms. The van der Waals surface area contributed by atoms with Gasteiger partial charge in [-0.25, -0.2) is 9.78 Å². The number of aliphatic carboxylic acids is 1. The molecule has 112 valence electrons. The van der Waals surface area contributed by atoms with Crippen molar-refractivity contribution < 1.29 is 9.90 Å². The molecule has 6 heteroatoms. The van der Waals surface area contributed by atoms with Crippen molar-refractivity contribution in [1.29, 1.82) is 0 Å². The molecule has 1 saturated carbocycles. The van der Waals surface area contributed by atoms with Gasteiger partial charge in [0.25, 0.3) is 0 Å². The summed E-state index contributed by atoms with van der Waals surface area (Å²) in [6.45, 7) is 1.77. The fourth-order valence-corrected chi connectivity index (χ4v) is 3.74. The zero-order chi connectivity index (χ0) is 14.9. The zero-order valence-corrected chi connectivity index (χ0v) is 12.8. The Morgan fingerprint density at radius 3 is 2.90 bits per heavy atom. The Morgan fingerprint density at radius 2 is 2.29 bits per heavy atom. The monoisotopic (exact) mass is 305 g/mol. The van der Waals surface area contributed by atoms with E-state index in [9.17, 15) is 9.90 Å². The highest BCUT2D eigenvalue weighted by molar-refractivity contribution is 7.13. The van der Waals surface area contributed by atoms with E-state index in [0.717, 1.165) is 23.4 Å². The lowest BCUT2D eigenvalue weighted by molar-refractivity contribution is -0.148. The Balaban J connectivity index is 1.88. The number of carbonyl (C=O) groups is 1. The topological polar surface area (TPSA) is 68.0 Å². The quantitative estimate of drug-likeness (QED) is 0.919. The molecule has 2 aromatic heterocycles. The van der Waals surface area contributed by atoms with Crippen LogP contribution in [-0.4, -0.2) is 25.8 Å². The number of carboxylic acid groups (broad SMARTS) is 1. The maximum absolute atomic E-state index is 11.8. The molecule has 1 unspecified atom stereocenters. The van der Waals surface area contributed by atoms with E-state index in [4.69, 9.17) is 0 Å². The van der Waals surface area contributed by atoms with E-state index in [0.29, 0.717) is 12.3 Å². The highest BCUT2D eigenvalue weighted by atomic mass is 32.1. The van der Waals surface area contributed by atoms with Crippen molar-refractivity contribution in [3.05, 3.63) is 24.0 Å². The van der Waals surface area contributed by atoms with Crippen molar-refractivity contribution in [2.75, 3.05) is 0 Å². The zero-order valence-electron chi connectivity index (χ0n) is 12.0. The van der Waals surface area contributed by atoms with Crippen LogP contribution in [0.5, 0.6) is 0 Å². The smallest absolute Gasteiger partial charge is 0.331 e. The van der Waals surface area contributed by atoms with Gasteiger partial charge in [-0.15, -0.1) is 11.3 Å². The summed E-state index contributed by atoms with van der Waals surface area (Å²) in [5.41, 5.74) is -0.103. The minimum Gasteiger partial charge on any atom is -0.479 e. The minimum atomic E-state index is -0.982. The summed E-state index contributed by atoms with van der Waals surface area (Å²) in [4.78, 5) is 16.1. The fraction of sp³-hybridized carbons (Fsp3) is 0.533. The second-order valence-electron chi connectivity index (χ2n) is 5.94. The fourth-order valence-electron chi connectivity index (χ4n) is 3.12. The molecule has 1 atom stereocenters. The molecule has 0 bridgehead atoms. The Labute approximate surface area is 127 Å². The molecule has 2 aromatic rings. The van der Waals surface area contributed by atoms with Gasteiger partial charge in [-0.3, -0.25) is 4.68 Å². The third-order valence-corrected chi connectivity index (χ3v) is 5.21. The first-order chi connectivity index (χ1) is 10.1. The predicted octanol–water partition coefficient (Wildman–Crippen LogP) is 3.39. The van der Waals surface area contributed by atoms with Gasteiger partial charge in [0.2, 0.25) is 0 Å². The van der Waals surface area contributed by atoms with Crippen LogP contribution in [0.25, 0.3) is 10.6 Å². The largest absolute Gasteiger partial charge is 0.479 e. The van der Waals surface area contributed by atoms with Crippen LogP contribution in [0, 0.1) is 5.92 Å². The van der Waals surface area contributed by atoms with Crippen LogP contribution in [0.2, 0.25) is 0 Å². The number of thiazole rings is 1. The van der Waals surface area contributed by atoms with E-state index in [1.165, 1.54) is 24.2 Å². The molecule has 2 heterocycles. The van der Waals surface area contributed by atoms with Gasteiger partial charge >= 0.3 is 5.97 Å². The van der Waals surface area contributed by atoms with Crippen LogP contribution in [-0.2, 0) is 10.3 Å². The molecule has 1 aliphatic carbocycles. The Bertz CT molecular complexity index is 617. The molecule has 0 aromatic carbocycles. The van der Waals surface area contributed by atoms with E-state index in [2.05, 4.69) is 10.1 Å². The van der Waals surface area contributed by atoms with Crippen molar-refractivity contribution in [3.8, 4) is 10.6 Å². The average molecular weight is 305 g/mol. The number of carboxylic acids is 1. The Hall–Kier alpha value is -1.69. The third-order valence-electron chi connectivity index (χ3n) is 4.39. The highest BCUT2D eigenvalue weighted by Gasteiger charge is 2.39. The molecular formula is C15H19N3O2S. The van der Waals surface area contributed by atoms with Crippen LogP contribution in [0.3, 0.4) is 0 Å². The maximum Gasteiger partial charge on any atom is 0.331 e. The normalized spacial score (nSPS) is 18.7. The summed E-state index contributed by atoms with van der Waals surface area (Å²) in [6, 6.07) is 0. The van der Waals surface area contributed by atoms with Gasteiger partial charge < -0.3 is 5.11 Å². The standard InChI is InChI=1S/C15H19N3O2S/c1-15(14(19)20,8-11-4-2-3-5-11)18-10-12(9-17-18)13-16-6-7-21-13/h6-7,9-11H,2-5,8H2,1H3,(H,19,20). The van der Waals surface area contributed by atoms with E-state index >= 15 is 0 Å². The van der Waals surface area contributed by atoms with Crippen LogP contribution < -0.4 is 0 Å². The minimum absolute atomic E-state index is 0.485. The summed E-state index contributed by atoms with van der Waals surface area (Å²) in [5.74, 6) is -0.332. The van der Waals surface area contributed by atoms with Crippen molar-refractivity contribution in [2.45, 2.75) is 44.6 Å². The first-order valence-corrected chi connectivity index (χ1v) is 8.16. The van der Waals surface area contributed by atoms with Crippen LogP contribution in [0.1, 0.15) is 39.0 Å². The molecule has 0 amide bonds. The molecule has 3 rings (SSSR count). The number of hydrogen-bond acceptors (Lipinski definition) is 4. The van der Waals surface area contributed by atoms with Gasteiger partial charge in [-0.05, 0) is 19.3 Å². The van der Waals surface area contributed by atoms with Gasteiger partial charge in [0.15, 0.2) is 5.54 Å². The molecule has 0 aliphatic heterocycles. The first kappa shape index (κ1) is 14.3. The summed E-state index contributed by atoms with van der Waals surface area (Å²) >= 11 is 1.53. The number of hydrogen-bond donors (Lipinski definition) is 1. The maximum atomic E-state index is 11.8. The van der Waals surface area contributed by atoms with E-state index in [1.54, 1.807) is 24.0 Å². The Kier molecular flexibility index (Phi) is 3.80. The van der Waals surface area contributed by atoms with Crippen molar-refractivity contribution in [2.24, 2.45) is 5.92 Å². The SMILES string of the molecule is CC(CC1CCCC1)(C(=O)O)n1cc(-c2nccs2)cn1. The molecule has 5 nitrogen and oxygen atoms in total. The second kappa shape index (κ2) is 5.60. The predicted molar refractivity (Wildman–Crippen MR) is 81.2 cm³/mol. The van der Waals surface area contributed by atoms with Crippen LogP contribution >= 0.6 is 11.3 Å². The summed E-state index contributed by atoms with van der Waals surface area (Å²) in [5, 5.41) is 16.8. The van der Waals surface area contributed by atoms with Crippen LogP contribution in [0.15, 0.2) is 24.0 Å². The number of aromatic nitrogens is 3. The summed E-state index contributed by atoms with van der Waals surface area (Å²) < 4.78 is 1.60. The molecule has 0 saturated heterocycles. The lowest BCUT2D eigenvalue weighted by Crippen LogP contribution is -2.41. The van der Waals surface area contributed by atoms with Crippen LogP contribution in [0.4, 0.5) is 0 Å². The van der Waals surface area contributed by atoms with Crippen molar-refractivity contribution >= 4 is 17.3 Å². The lowest BCUT2D eigenvalue weighted by atomic mass is 9.88.